The van der Waals surface area contributed by atoms with Crippen LogP contribution in [0.15, 0.2) is 0 Å². The zero-order valence-electron chi connectivity index (χ0n) is 7.14. The van der Waals surface area contributed by atoms with Crippen molar-refractivity contribution in [1.29, 1.82) is 0 Å². The predicted octanol–water partition coefficient (Wildman–Crippen LogP) is 2.79. The highest BCUT2D eigenvalue weighted by molar-refractivity contribution is 7.16. The first-order chi connectivity index (χ1) is 4.74. The van der Waals surface area contributed by atoms with Gasteiger partial charge in [0.2, 0.25) is 0 Å². The smallest absolute Gasteiger partial charge is 0.0353 e. The average Bonchev–Trinajstić information content (AvgIpc) is 1.99. The van der Waals surface area contributed by atoms with E-state index in [4.69, 9.17) is 0 Å². The van der Waals surface area contributed by atoms with E-state index in [1.807, 2.05) is 0 Å². The summed E-state index contributed by atoms with van der Waals surface area (Å²) in [6.07, 6.45) is 5.24. The molecule has 0 amide bonds. The van der Waals surface area contributed by atoms with Crippen LogP contribution >= 0.6 is 18.5 Å². The second-order valence-electron chi connectivity index (χ2n) is 3.09. The number of hydrogen-bond donors (Lipinski definition) is 0. The fourth-order valence-corrected chi connectivity index (χ4v) is 1.81. The van der Waals surface area contributed by atoms with Gasteiger partial charge < -0.3 is 0 Å². The third-order valence-corrected chi connectivity index (χ3v) is 3.52. The van der Waals surface area contributed by atoms with Crippen molar-refractivity contribution in [3.05, 3.63) is 0 Å². The first-order valence-electron chi connectivity index (χ1n) is 4.14. The molecule has 0 bridgehead atoms. The lowest BCUT2D eigenvalue weighted by molar-refractivity contribution is 0.439. The highest BCUT2D eigenvalue weighted by Gasteiger charge is 2.07. The van der Waals surface area contributed by atoms with Crippen LogP contribution in [0.4, 0.5) is 0 Å². The van der Waals surface area contributed by atoms with Crippen molar-refractivity contribution in [3.8, 4) is 0 Å². The molecule has 0 spiro atoms. The maximum absolute atomic E-state index is 2.84. The monoisotopic (exact) mass is 178 g/mol. The molecule has 4 unspecified atom stereocenters. The predicted molar refractivity (Wildman–Crippen MR) is 56.7 cm³/mol. The van der Waals surface area contributed by atoms with Gasteiger partial charge in [-0.3, -0.25) is 0 Å². The average molecular weight is 178 g/mol. The Kier molecular flexibility index (Phi) is 7.13. The summed E-state index contributed by atoms with van der Waals surface area (Å²) in [4.78, 5) is 0. The van der Waals surface area contributed by atoms with Gasteiger partial charge in [0.15, 0.2) is 0 Å². The second kappa shape index (κ2) is 6.56. The minimum Gasteiger partial charge on any atom is -0.137 e. The first kappa shape index (κ1) is 10.9. The Hall–Kier alpha value is 0.860. The van der Waals surface area contributed by atoms with Gasteiger partial charge in [-0.1, -0.05) is 20.3 Å². The van der Waals surface area contributed by atoms with E-state index >= 15 is 0 Å². The minimum atomic E-state index is 0.885. The highest BCUT2D eigenvalue weighted by Crippen LogP contribution is 2.18. The Bertz CT molecular complexity index is 69.7. The van der Waals surface area contributed by atoms with E-state index in [2.05, 4.69) is 32.3 Å². The van der Waals surface area contributed by atoms with Crippen LogP contribution in [0.2, 0.25) is 0 Å². The van der Waals surface area contributed by atoms with Gasteiger partial charge in [0.25, 0.3) is 0 Å². The lowest BCUT2D eigenvalue weighted by Gasteiger charge is -2.15. The van der Waals surface area contributed by atoms with Gasteiger partial charge in [0.1, 0.15) is 0 Å². The Morgan fingerprint density at radius 1 is 1.20 bits per heavy atom. The van der Waals surface area contributed by atoms with Gasteiger partial charge >= 0.3 is 0 Å². The van der Waals surface area contributed by atoms with Gasteiger partial charge in [-0.2, -0.15) is 0 Å². The zero-order chi connectivity index (χ0) is 7.98. The summed E-state index contributed by atoms with van der Waals surface area (Å²) in [6.45, 7) is 4.61. The SMILES string of the molecule is CCC(CP)CC(C)CP. The largest absolute Gasteiger partial charge is 0.137 e. The van der Waals surface area contributed by atoms with Crippen molar-refractivity contribution in [2.24, 2.45) is 11.8 Å². The van der Waals surface area contributed by atoms with E-state index in [0.29, 0.717) is 0 Å². The summed E-state index contributed by atoms with van der Waals surface area (Å²) < 4.78 is 0. The van der Waals surface area contributed by atoms with E-state index in [9.17, 15) is 0 Å². The zero-order valence-corrected chi connectivity index (χ0v) is 9.45. The summed E-state index contributed by atoms with van der Waals surface area (Å²) in [5.41, 5.74) is 0. The van der Waals surface area contributed by atoms with E-state index in [-0.39, 0.29) is 0 Å². The molecule has 0 rings (SSSR count). The standard InChI is InChI=1S/C8H20P2/c1-3-8(6-10)4-7(2)5-9/h7-8H,3-6,9-10H2,1-2H3. The Morgan fingerprint density at radius 2 is 1.80 bits per heavy atom. The fraction of sp³-hybridized carbons (Fsp3) is 1.00. The van der Waals surface area contributed by atoms with Crippen molar-refractivity contribution in [2.45, 2.75) is 26.7 Å². The van der Waals surface area contributed by atoms with Crippen LogP contribution in [-0.2, 0) is 0 Å². The van der Waals surface area contributed by atoms with Crippen molar-refractivity contribution in [2.75, 3.05) is 12.3 Å². The summed E-state index contributed by atoms with van der Waals surface area (Å²) in [5.74, 6) is 1.82. The third kappa shape index (κ3) is 4.64. The van der Waals surface area contributed by atoms with E-state index in [1.54, 1.807) is 0 Å². The van der Waals surface area contributed by atoms with Gasteiger partial charge in [0.05, 0.1) is 0 Å². The van der Waals surface area contributed by atoms with Crippen LogP contribution < -0.4 is 0 Å². The normalized spacial score (nSPS) is 16.8. The number of hydrogen-bond acceptors (Lipinski definition) is 0. The van der Waals surface area contributed by atoms with E-state index in [0.717, 1.165) is 11.8 Å². The molecule has 0 aliphatic carbocycles. The van der Waals surface area contributed by atoms with Crippen molar-refractivity contribution in [1.82, 2.24) is 0 Å². The molecule has 0 aromatic carbocycles. The van der Waals surface area contributed by atoms with Crippen LogP contribution in [0.5, 0.6) is 0 Å². The van der Waals surface area contributed by atoms with Crippen LogP contribution in [0.1, 0.15) is 26.7 Å². The molecule has 0 aliphatic heterocycles. The molecule has 0 saturated heterocycles. The molecule has 0 aliphatic rings. The molecule has 0 radical (unpaired) electrons. The van der Waals surface area contributed by atoms with Gasteiger partial charge in [0, 0.05) is 0 Å². The van der Waals surface area contributed by atoms with Gasteiger partial charge in [-0.25, -0.2) is 0 Å². The highest BCUT2D eigenvalue weighted by atomic mass is 31.0. The van der Waals surface area contributed by atoms with E-state index in [1.165, 1.54) is 25.2 Å². The summed E-state index contributed by atoms with van der Waals surface area (Å²) in [7, 11) is 5.66. The molecule has 4 atom stereocenters. The Labute approximate surface area is 70.0 Å². The van der Waals surface area contributed by atoms with Crippen molar-refractivity contribution < 1.29 is 0 Å². The maximum Gasteiger partial charge on any atom is -0.0353 e. The molecule has 2 heteroatoms. The lowest BCUT2D eigenvalue weighted by Crippen LogP contribution is -2.07. The van der Waals surface area contributed by atoms with Crippen LogP contribution in [0.3, 0.4) is 0 Å². The summed E-state index contributed by atoms with van der Waals surface area (Å²) in [5, 5.41) is 0. The van der Waals surface area contributed by atoms with E-state index < -0.39 is 0 Å². The third-order valence-electron chi connectivity index (χ3n) is 2.05. The Balaban J connectivity index is 3.41. The molecule has 0 saturated carbocycles. The molecular weight excluding hydrogens is 158 g/mol. The molecule has 0 nitrogen and oxygen atoms in total. The molecule has 0 aromatic rings. The number of rotatable bonds is 5. The first-order valence-corrected chi connectivity index (χ1v) is 5.78. The molecule has 10 heavy (non-hydrogen) atoms. The molecule has 0 aromatic heterocycles. The molecule has 62 valence electrons. The van der Waals surface area contributed by atoms with Crippen molar-refractivity contribution >= 4 is 18.5 Å². The van der Waals surface area contributed by atoms with Crippen LogP contribution in [-0.4, -0.2) is 12.3 Å². The molecule has 0 fully saturated rings. The quantitative estimate of drug-likeness (QED) is 0.568. The maximum atomic E-state index is 2.84. The van der Waals surface area contributed by atoms with Crippen molar-refractivity contribution in [3.63, 3.8) is 0 Å². The minimum absolute atomic E-state index is 0.885. The van der Waals surface area contributed by atoms with Gasteiger partial charge in [-0.05, 0) is 30.6 Å². The van der Waals surface area contributed by atoms with Crippen LogP contribution in [0, 0.1) is 11.8 Å². The molecular formula is C8H20P2. The fourth-order valence-electron chi connectivity index (χ4n) is 1.09. The molecule has 0 heterocycles. The lowest BCUT2D eigenvalue weighted by atomic mass is 9.96. The van der Waals surface area contributed by atoms with Gasteiger partial charge in [-0.15, -0.1) is 18.5 Å². The summed E-state index contributed by atoms with van der Waals surface area (Å²) in [6, 6.07) is 0. The topological polar surface area (TPSA) is 0 Å². The Morgan fingerprint density at radius 3 is 2.10 bits per heavy atom. The second-order valence-corrected chi connectivity index (χ2v) is 4.03. The molecule has 0 N–H and O–H groups in total. The summed E-state index contributed by atoms with van der Waals surface area (Å²) >= 11 is 0. The van der Waals surface area contributed by atoms with Crippen LogP contribution in [0.25, 0.3) is 0 Å².